The Kier molecular flexibility index (Phi) is 7.66. The van der Waals surface area contributed by atoms with E-state index in [1.54, 1.807) is 0 Å². The first kappa shape index (κ1) is 31.4. The molecule has 3 aromatic heterocycles. The topological polar surface area (TPSA) is 48.5 Å². The largest absolute Gasteiger partial charge is 0.310 e. The van der Waals surface area contributed by atoms with Crippen LogP contribution in [0.4, 0.5) is 0 Å². The summed E-state index contributed by atoms with van der Waals surface area (Å²) in [5.41, 5.74) is 9.34. The maximum atomic E-state index is 5.18. The van der Waals surface area contributed by atoms with Crippen molar-refractivity contribution >= 4 is 71.9 Å². The molecule has 0 bridgehead atoms. The molecule has 52 heavy (non-hydrogen) atoms. The predicted molar refractivity (Wildman–Crippen MR) is 219 cm³/mol. The molecule has 0 saturated heterocycles. The van der Waals surface area contributed by atoms with E-state index in [4.69, 9.17) is 15.0 Å². The van der Waals surface area contributed by atoms with Crippen molar-refractivity contribution in [3.63, 3.8) is 0 Å². The molecule has 0 spiro atoms. The molecule has 5 nitrogen and oxygen atoms in total. The van der Waals surface area contributed by atoms with Crippen LogP contribution in [0.25, 0.3) is 74.4 Å². The lowest BCUT2D eigenvalue weighted by Crippen LogP contribution is -2.32. The highest BCUT2D eigenvalue weighted by molar-refractivity contribution is 9.10. The fraction of sp³-hybridized carbons (Fsp3) is 0.0889. The van der Waals surface area contributed by atoms with Crippen LogP contribution in [0, 0.1) is 5.92 Å². The molecular weight excluding hydrogens is 770 g/mol. The molecular formula is C45H31Br2N5. The minimum Gasteiger partial charge on any atom is -0.310 e. The molecule has 0 N–H and O–H groups in total. The van der Waals surface area contributed by atoms with Crippen LogP contribution in [0.5, 0.6) is 0 Å². The average Bonchev–Trinajstić information content (AvgIpc) is 3.71. The lowest BCUT2D eigenvalue weighted by molar-refractivity contribution is 0.749. The van der Waals surface area contributed by atoms with Crippen molar-refractivity contribution in [1.82, 2.24) is 24.1 Å². The van der Waals surface area contributed by atoms with Gasteiger partial charge in [0.25, 0.3) is 0 Å². The zero-order valence-electron chi connectivity index (χ0n) is 28.0. The van der Waals surface area contributed by atoms with Gasteiger partial charge in [-0.05, 0) is 79.4 Å². The maximum Gasteiger partial charge on any atom is 0.238 e. The normalized spacial score (nSPS) is 15.1. The quantitative estimate of drug-likeness (QED) is 0.174. The van der Waals surface area contributed by atoms with E-state index in [0.29, 0.717) is 17.6 Å². The van der Waals surface area contributed by atoms with Crippen LogP contribution >= 0.6 is 31.9 Å². The highest BCUT2D eigenvalue weighted by atomic mass is 79.9. The van der Waals surface area contributed by atoms with Crippen molar-refractivity contribution in [3.05, 3.63) is 164 Å². The van der Waals surface area contributed by atoms with Gasteiger partial charge in [-0.3, -0.25) is 4.57 Å². The minimum atomic E-state index is 0.289. The van der Waals surface area contributed by atoms with Gasteiger partial charge in [0, 0.05) is 53.0 Å². The van der Waals surface area contributed by atoms with Gasteiger partial charge < -0.3 is 4.57 Å². The highest BCUT2D eigenvalue weighted by Crippen LogP contribution is 2.39. The number of allylic oxidation sites excluding steroid dienone is 1. The number of aryl methyl sites for hydroxylation is 1. The third-order valence-corrected chi connectivity index (χ3v) is 11.5. The summed E-state index contributed by atoms with van der Waals surface area (Å²) in [7, 11) is 0. The third-order valence-electron chi connectivity index (χ3n) is 10.4. The van der Waals surface area contributed by atoms with Crippen LogP contribution < -0.4 is 10.6 Å². The SMILES string of the molecule is Brc1ccc(-c2nc(-c3ccc(Br)cc3)nc(-n3c4c(c5ccccc53)CCC(C3C=c5c(n(-c6ccccc6)c6ccccc56)=CC3)=C4)n2)cc1. The second-order valence-electron chi connectivity index (χ2n) is 13.4. The minimum absolute atomic E-state index is 0.289. The molecule has 1 unspecified atom stereocenters. The van der Waals surface area contributed by atoms with Crippen molar-refractivity contribution in [1.29, 1.82) is 0 Å². The van der Waals surface area contributed by atoms with Crippen LogP contribution in [-0.2, 0) is 6.42 Å². The Labute approximate surface area is 317 Å². The molecule has 2 aliphatic carbocycles. The summed E-state index contributed by atoms with van der Waals surface area (Å²) in [4.78, 5) is 15.4. The Morgan fingerprint density at radius 3 is 1.85 bits per heavy atom. The number of benzene rings is 5. The van der Waals surface area contributed by atoms with E-state index in [0.717, 1.165) is 50.5 Å². The van der Waals surface area contributed by atoms with Crippen molar-refractivity contribution in [2.75, 3.05) is 0 Å². The van der Waals surface area contributed by atoms with Gasteiger partial charge in [0.2, 0.25) is 5.95 Å². The molecule has 0 aliphatic heterocycles. The van der Waals surface area contributed by atoms with Gasteiger partial charge in [-0.25, -0.2) is 4.98 Å². The molecule has 7 heteroatoms. The van der Waals surface area contributed by atoms with E-state index in [9.17, 15) is 0 Å². The lowest BCUT2D eigenvalue weighted by Gasteiger charge is -2.22. The first-order valence-corrected chi connectivity index (χ1v) is 19.2. The maximum absolute atomic E-state index is 5.18. The van der Waals surface area contributed by atoms with Crippen molar-refractivity contribution in [2.24, 2.45) is 5.92 Å². The molecule has 250 valence electrons. The third kappa shape index (κ3) is 5.30. The monoisotopic (exact) mass is 799 g/mol. The number of para-hydroxylation sites is 3. The number of hydrogen-bond acceptors (Lipinski definition) is 3. The van der Waals surface area contributed by atoms with E-state index < -0.39 is 0 Å². The Hall–Kier alpha value is -5.37. The first-order chi connectivity index (χ1) is 25.6. The molecule has 10 rings (SSSR count). The number of aromatic nitrogens is 5. The van der Waals surface area contributed by atoms with E-state index in [1.807, 2.05) is 48.5 Å². The van der Waals surface area contributed by atoms with Gasteiger partial charge >= 0.3 is 0 Å². The molecule has 1 atom stereocenters. The number of rotatable bonds is 5. The second-order valence-corrected chi connectivity index (χ2v) is 15.3. The van der Waals surface area contributed by atoms with Crippen LogP contribution in [0.3, 0.4) is 0 Å². The molecule has 5 aromatic carbocycles. The molecule has 2 aliphatic rings. The van der Waals surface area contributed by atoms with E-state index in [1.165, 1.54) is 43.7 Å². The number of fused-ring (bicyclic) bond motifs is 6. The predicted octanol–water partition coefficient (Wildman–Crippen LogP) is 10.2. The average molecular weight is 802 g/mol. The van der Waals surface area contributed by atoms with Crippen LogP contribution in [0.15, 0.2) is 142 Å². The van der Waals surface area contributed by atoms with Gasteiger partial charge in [-0.15, -0.1) is 0 Å². The van der Waals surface area contributed by atoms with Crippen molar-refractivity contribution in [2.45, 2.75) is 19.3 Å². The lowest BCUT2D eigenvalue weighted by atomic mass is 9.84. The van der Waals surface area contributed by atoms with Crippen LogP contribution in [-0.4, -0.2) is 24.1 Å². The van der Waals surface area contributed by atoms with Gasteiger partial charge in [0.1, 0.15) is 0 Å². The van der Waals surface area contributed by atoms with E-state index >= 15 is 0 Å². The molecule has 0 radical (unpaired) electrons. The zero-order valence-corrected chi connectivity index (χ0v) is 31.2. The molecule has 3 heterocycles. The summed E-state index contributed by atoms with van der Waals surface area (Å²) in [6, 6.07) is 44.5. The number of nitrogens with zero attached hydrogens (tertiary/aromatic N) is 5. The fourth-order valence-corrected chi connectivity index (χ4v) is 8.50. The summed E-state index contributed by atoms with van der Waals surface area (Å²) in [5.74, 6) is 2.18. The summed E-state index contributed by atoms with van der Waals surface area (Å²) in [6.07, 6.45) is 10.3. The Morgan fingerprint density at radius 2 is 1.17 bits per heavy atom. The van der Waals surface area contributed by atoms with E-state index in [-0.39, 0.29) is 5.92 Å². The standard InChI is InChI=1S/C45H31Br2N5/c46-32-20-14-28(15-21-32)43-48-44(29-16-22-33(47)23-17-29)50-45(49-43)52-40-13-7-4-10-35(40)37-24-18-31(27-42(37)52)30-19-25-41-38(26-30)36-11-5-6-12-39(36)51(41)34-8-2-1-3-9-34/h1-17,20-23,25-27,30H,18-19,24H2. The Balaban J connectivity index is 1.15. The Morgan fingerprint density at radius 1 is 0.577 bits per heavy atom. The van der Waals surface area contributed by atoms with Gasteiger partial charge in [-0.2, -0.15) is 9.97 Å². The summed E-state index contributed by atoms with van der Waals surface area (Å²) >= 11 is 7.17. The van der Waals surface area contributed by atoms with Crippen LogP contribution in [0.2, 0.25) is 0 Å². The summed E-state index contributed by atoms with van der Waals surface area (Å²) < 4.78 is 6.69. The summed E-state index contributed by atoms with van der Waals surface area (Å²) in [6.45, 7) is 0. The highest BCUT2D eigenvalue weighted by Gasteiger charge is 2.26. The molecule has 0 amide bonds. The van der Waals surface area contributed by atoms with Gasteiger partial charge in [0.05, 0.1) is 16.7 Å². The molecule has 0 fully saturated rings. The number of halogens is 2. The first-order valence-electron chi connectivity index (χ1n) is 17.6. The fourth-order valence-electron chi connectivity index (χ4n) is 7.97. The van der Waals surface area contributed by atoms with Crippen molar-refractivity contribution < 1.29 is 0 Å². The van der Waals surface area contributed by atoms with Gasteiger partial charge in [-0.1, -0.05) is 128 Å². The molecule has 8 aromatic rings. The Bertz CT molecular complexity index is 2770. The van der Waals surface area contributed by atoms with Crippen molar-refractivity contribution in [3.8, 4) is 34.4 Å². The smallest absolute Gasteiger partial charge is 0.238 e. The summed E-state index contributed by atoms with van der Waals surface area (Å²) in [5, 5.41) is 5.13. The number of hydrogen-bond donors (Lipinski definition) is 0. The van der Waals surface area contributed by atoms with Gasteiger partial charge in [0.15, 0.2) is 11.6 Å². The zero-order chi connectivity index (χ0) is 34.8. The van der Waals surface area contributed by atoms with E-state index in [2.05, 4.69) is 138 Å². The van der Waals surface area contributed by atoms with Crippen LogP contribution in [0.1, 0.15) is 24.1 Å². The molecule has 0 saturated carbocycles. The second kappa shape index (κ2) is 12.7.